The largest absolute Gasteiger partial charge is 0.311 e. The predicted octanol–water partition coefficient (Wildman–Crippen LogP) is 4.60. The van der Waals surface area contributed by atoms with E-state index in [9.17, 15) is 13.2 Å². The molecule has 2 atom stereocenters. The molecule has 158 valence electrons. The lowest BCUT2D eigenvalue weighted by Crippen LogP contribution is -2.49. The minimum absolute atomic E-state index is 0.00382. The van der Waals surface area contributed by atoms with Crippen molar-refractivity contribution in [2.45, 2.75) is 23.1 Å². The maximum absolute atomic E-state index is 13.2. The fraction of sp³-hybridized carbons (Fsp3) is 0.261. The number of sulfonamides is 1. The van der Waals surface area contributed by atoms with E-state index in [0.29, 0.717) is 23.8 Å². The molecular formula is C23H20N2O3S3. The van der Waals surface area contributed by atoms with E-state index < -0.39 is 10.0 Å². The third kappa shape index (κ3) is 3.12. The van der Waals surface area contributed by atoms with Crippen LogP contribution >= 0.6 is 22.7 Å². The molecule has 6 rings (SSSR count). The molecule has 2 aliphatic heterocycles. The number of piperidine rings is 1. The minimum atomic E-state index is -3.50. The fourth-order valence-electron chi connectivity index (χ4n) is 5.03. The Morgan fingerprint density at radius 1 is 0.968 bits per heavy atom. The molecule has 8 heteroatoms. The minimum Gasteiger partial charge on any atom is -0.311 e. The maximum atomic E-state index is 13.2. The second-order valence-electron chi connectivity index (χ2n) is 8.28. The second-order valence-corrected chi connectivity index (χ2v) is 12.5. The number of hydrogen-bond donors (Lipinski definition) is 0. The SMILES string of the molecule is O=c1ccc(-c2cc3ccccc3s2)c2n1C[C@H]1C[C@@H]2CN(S(=O)(=O)c2cccs2)C1. The highest BCUT2D eigenvalue weighted by Gasteiger charge is 2.41. The highest BCUT2D eigenvalue weighted by molar-refractivity contribution is 7.91. The summed E-state index contributed by atoms with van der Waals surface area (Å²) >= 11 is 2.98. The monoisotopic (exact) mass is 468 g/mol. The molecule has 0 amide bonds. The Morgan fingerprint density at radius 2 is 1.84 bits per heavy atom. The highest BCUT2D eigenvalue weighted by Crippen LogP contribution is 2.43. The van der Waals surface area contributed by atoms with Gasteiger partial charge in [0.05, 0.1) is 0 Å². The van der Waals surface area contributed by atoms with Gasteiger partial charge in [-0.2, -0.15) is 4.31 Å². The van der Waals surface area contributed by atoms with Crippen LogP contribution in [0.2, 0.25) is 0 Å². The number of fused-ring (bicyclic) bond motifs is 5. The van der Waals surface area contributed by atoms with Crippen molar-refractivity contribution in [2.75, 3.05) is 13.1 Å². The molecule has 5 heterocycles. The molecule has 0 aliphatic carbocycles. The lowest BCUT2D eigenvalue weighted by Gasteiger charge is -2.42. The van der Waals surface area contributed by atoms with Crippen molar-refractivity contribution in [3.63, 3.8) is 0 Å². The van der Waals surface area contributed by atoms with Crippen molar-refractivity contribution >= 4 is 42.8 Å². The summed E-state index contributed by atoms with van der Waals surface area (Å²) in [7, 11) is -3.50. The molecule has 0 unspecified atom stereocenters. The van der Waals surface area contributed by atoms with Gasteiger partial charge in [0.15, 0.2) is 0 Å². The van der Waals surface area contributed by atoms with Gasteiger partial charge in [0.25, 0.3) is 15.6 Å². The molecule has 5 nitrogen and oxygen atoms in total. The van der Waals surface area contributed by atoms with E-state index in [0.717, 1.165) is 22.6 Å². The zero-order chi connectivity index (χ0) is 21.2. The molecule has 0 radical (unpaired) electrons. The molecule has 1 aromatic carbocycles. The van der Waals surface area contributed by atoms with Crippen LogP contribution in [0.3, 0.4) is 0 Å². The molecule has 3 aromatic heterocycles. The van der Waals surface area contributed by atoms with Crippen molar-refractivity contribution < 1.29 is 8.42 Å². The zero-order valence-electron chi connectivity index (χ0n) is 16.6. The second kappa shape index (κ2) is 7.13. The van der Waals surface area contributed by atoms with Crippen LogP contribution in [0.5, 0.6) is 0 Å². The summed E-state index contributed by atoms with van der Waals surface area (Å²) in [5.41, 5.74) is 2.05. The molecular weight excluding hydrogens is 448 g/mol. The molecule has 31 heavy (non-hydrogen) atoms. The number of aromatic nitrogens is 1. The summed E-state index contributed by atoms with van der Waals surface area (Å²) in [6.45, 7) is 1.45. The van der Waals surface area contributed by atoms with Crippen LogP contribution in [-0.4, -0.2) is 30.4 Å². The van der Waals surface area contributed by atoms with Gasteiger partial charge < -0.3 is 4.57 Å². The molecule has 2 aliphatic rings. The van der Waals surface area contributed by atoms with Gasteiger partial charge in [-0.3, -0.25) is 4.79 Å². The van der Waals surface area contributed by atoms with Crippen molar-refractivity contribution in [1.82, 2.24) is 8.87 Å². The summed E-state index contributed by atoms with van der Waals surface area (Å²) in [6.07, 6.45) is 0.914. The Balaban J connectivity index is 1.46. The summed E-state index contributed by atoms with van der Waals surface area (Å²) in [5, 5.41) is 2.98. The predicted molar refractivity (Wildman–Crippen MR) is 125 cm³/mol. The number of rotatable bonds is 3. The zero-order valence-corrected chi connectivity index (χ0v) is 19.1. The first-order valence-corrected chi connectivity index (χ1v) is 13.4. The number of nitrogens with zero attached hydrogens (tertiary/aromatic N) is 2. The van der Waals surface area contributed by atoms with Crippen molar-refractivity contribution in [3.05, 3.63) is 76.0 Å². The maximum Gasteiger partial charge on any atom is 0.252 e. The van der Waals surface area contributed by atoms with E-state index in [1.165, 1.54) is 21.4 Å². The average molecular weight is 469 g/mol. The Hall–Kier alpha value is -2.26. The van der Waals surface area contributed by atoms with E-state index in [1.807, 2.05) is 22.8 Å². The van der Waals surface area contributed by atoms with E-state index in [4.69, 9.17) is 0 Å². The Labute approximate surface area is 188 Å². The lowest BCUT2D eigenvalue weighted by molar-refractivity contribution is 0.187. The van der Waals surface area contributed by atoms with Crippen molar-refractivity contribution in [3.8, 4) is 10.4 Å². The van der Waals surface area contributed by atoms with E-state index >= 15 is 0 Å². The van der Waals surface area contributed by atoms with Gasteiger partial charge in [-0.15, -0.1) is 22.7 Å². The standard InChI is InChI=1S/C23H20N2O3S3/c26-21-8-7-18(20-11-16-4-1-2-5-19(16)30-20)23-17-10-15(13-25(21)23)12-24(14-17)31(27,28)22-6-3-9-29-22/h1-9,11,15,17H,10,12-14H2/t15-,17+/m0/s1. The molecule has 4 aromatic rings. The summed E-state index contributed by atoms with van der Waals surface area (Å²) in [5.74, 6) is 0.160. The average Bonchev–Trinajstić information content (AvgIpc) is 3.44. The van der Waals surface area contributed by atoms with Crippen molar-refractivity contribution in [2.24, 2.45) is 5.92 Å². The first kappa shape index (κ1) is 19.4. The van der Waals surface area contributed by atoms with Crippen LogP contribution in [0.1, 0.15) is 18.0 Å². The van der Waals surface area contributed by atoms with Gasteiger partial charge >= 0.3 is 0 Å². The molecule has 0 N–H and O–H groups in total. The van der Waals surface area contributed by atoms with Gasteiger partial charge in [-0.1, -0.05) is 24.3 Å². The number of benzene rings is 1. The normalized spacial score (nSPS) is 21.3. The van der Waals surface area contributed by atoms with Gasteiger partial charge in [0, 0.05) is 52.5 Å². The summed E-state index contributed by atoms with van der Waals surface area (Å²) < 4.78 is 31.5. The van der Waals surface area contributed by atoms with E-state index in [-0.39, 0.29) is 17.4 Å². The third-order valence-corrected chi connectivity index (χ3v) is 10.7. The Kier molecular flexibility index (Phi) is 4.47. The summed E-state index contributed by atoms with van der Waals surface area (Å²) in [6, 6.07) is 17.5. The van der Waals surface area contributed by atoms with Crippen LogP contribution in [-0.2, 0) is 16.6 Å². The lowest BCUT2D eigenvalue weighted by atomic mass is 9.82. The Morgan fingerprint density at radius 3 is 2.65 bits per heavy atom. The van der Waals surface area contributed by atoms with Gasteiger partial charge in [0.2, 0.25) is 0 Å². The molecule has 0 spiro atoms. The quantitative estimate of drug-likeness (QED) is 0.442. The summed E-state index contributed by atoms with van der Waals surface area (Å²) in [4.78, 5) is 13.9. The van der Waals surface area contributed by atoms with Gasteiger partial charge in [-0.25, -0.2) is 8.42 Å². The van der Waals surface area contributed by atoms with Gasteiger partial charge in [0.1, 0.15) is 4.21 Å². The van der Waals surface area contributed by atoms with Crippen LogP contribution < -0.4 is 5.56 Å². The van der Waals surface area contributed by atoms with Gasteiger partial charge in [-0.05, 0) is 47.4 Å². The highest BCUT2D eigenvalue weighted by atomic mass is 32.2. The first-order valence-electron chi connectivity index (χ1n) is 10.3. The van der Waals surface area contributed by atoms with Crippen LogP contribution in [0.15, 0.2) is 69.0 Å². The Bertz CT molecular complexity index is 1420. The number of thiophene rings is 2. The van der Waals surface area contributed by atoms with Crippen LogP contribution in [0, 0.1) is 5.92 Å². The molecule has 1 saturated heterocycles. The molecule has 1 fully saturated rings. The molecule has 2 bridgehead atoms. The smallest absolute Gasteiger partial charge is 0.252 e. The first-order chi connectivity index (χ1) is 15.0. The van der Waals surface area contributed by atoms with E-state index in [2.05, 4.69) is 18.2 Å². The van der Waals surface area contributed by atoms with Crippen LogP contribution in [0.4, 0.5) is 0 Å². The molecule has 0 saturated carbocycles. The van der Waals surface area contributed by atoms with Crippen LogP contribution in [0.25, 0.3) is 20.5 Å². The number of pyridine rings is 1. The van der Waals surface area contributed by atoms with Crippen molar-refractivity contribution in [1.29, 1.82) is 0 Å². The van der Waals surface area contributed by atoms with E-state index in [1.54, 1.807) is 39.2 Å². The third-order valence-electron chi connectivity index (χ3n) is 6.34. The number of hydrogen-bond acceptors (Lipinski definition) is 5. The topological polar surface area (TPSA) is 59.4 Å². The fourth-order valence-corrected chi connectivity index (χ4v) is 8.83.